The number of thiol groups is 1. The van der Waals surface area contributed by atoms with Crippen LogP contribution in [0, 0.1) is 0 Å². The van der Waals surface area contributed by atoms with Gasteiger partial charge in [-0.05, 0) is 30.4 Å². The van der Waals surface area contributed by atoms with Crippen molar-refractivity contribution in [2.75, 3.05) is 32.7 Å². The van der Waals surface area contributed by atoms with E-state index in [-0.39, 0.29) is 17.2 Å². The summed E-state index contributed by atoms with van der Waals surface area (Å²) in [4.78, 5) is 28.4. The van der Waals surface area contributed by atoms with Crippen LogP contribution in [-0.2, 0) is 17.6 Å². The zero-order chi connectivity index (χ0) is 21.2. The van der Waals surface area contributed by atoms with Crippen LogP contribution >= 0.6 is 12.6 Å². The Balaban J connectivity index is 1.46. The first-order chi connectivity index (χ1) is 14.6. The summed E-state index contributed by atoms with van der Waals surface area (Å²) in [5.74, 6) is 0. The highest BCUT2D eigenvalue weighted by molar-refractivity contribution is 7.96. The van der Waals surface area contributed by atoms with Crippen molar-refractivity contribution in [1.82, 2.24) is 15.1 Å². The molecule has 1 heterocycles. The van der Waals surface area contributed by atoms with E-state index in [0.717, 1.165) is 44.7 Å². The topological polar surface area (TPSA) is 52.7 Å². The molecule has 1 aliphatic heterocycles. The van der Waals surface area contributed by atoms with E-state index in [1.165, 1.54) is 5.56 Å². The number of hydrogen-bond acceptors (Lipinski definition) is 3. The molecule has 1 atom stereocenters. The number of benzene rings is 2. The lowest BCUT2D eigenvalue weighted by Gasteiger charge is -2.35. The van der Waals surface area contributed by atoms with E-state index in [1.807, 2.05) is 41.3 Å². The molecule has 2 amide bonds. The van der Waals surface area contributed by atoms with E-state index in [1.54, 1.807) is 0 Å². The number of carbonyl (C=O) groups excluding carboxylic acids is 2. The summed E-state index contributed by atoms with van der Waals surface area (Å²) in [6.07, 6.45) is 2.70. The molecule has 2 aromatic rings. The first-order valence-electron chi connectivity index (χ1n) is 10.7. The summed E-state index contributed by atoms with van der Waals surface area (Å²) < 4.78 is 0. The van der Waals surface area contributed by atoms with Gasteiger partial charge in [0, 0.05) is 45.2 Å². The Kier molecular flexibility index (Phi) is 8.78. The van der Waals surface area contributed by atoms with E-state index in [9.17, 15) is 9.59 Å². The molecule has 1 N–H and O–H groups in total. The predicted octanol–water partition coefficient (Wildman–Crippen LogP) is 3.40. The second-order valence-electron chi connectivity index (χ2n) is 7.83. The van der Waals surface area contributed by atoms with Crippen molar-refractivity contribution < 1.29 is 9.59 Å². The van der Waals surface area contributed by atoms with Crippen LogP contribution < -0.4 is 5.32 Å². The number of amides is 2. The standard InChI is InChI=1S/C24H31N3O2S/c28-23(30)12-11-22(19-21-9-5-2-6-10-21)25-24(29)27-17-15-26(16-18-27)14-13-20-7-3-1-4-8-20/h1-10,22H,11-19H2,(H,25,29)(H,28,30). The van der Waals surface area contributed by atoms with Gasteiger partial charge in [0.05, 0.1) is 0 Å². The Hall–Kier alpha value is -2.31. The molecule has 30 heavy (non-hydrogen) atoms. The van der Waals surface area contributed by atoms with Crippen LogP contribution in [0.2, 0.25) is 0 Å². The van der Waals surface area contributed by atoms with Crippen molar-refractivity contribution >= 4 is 23.8 Å². The van der Waals surface area contributed by atoms with Gasteiger partial charge in [-0.15, -0.1) is 12.6 Å². The molecule has 0 spiro atoms. The number of piperazine rings is 1. The molecular weight excluding hydrogens is 394 g/mol. The molecule has 1 fully saturated rings. The molecule has 6 heteroatoms. The molecule has 1 aliphatic rings. The van der Waals surface area contributed by atoms with Crippen LogP contribution in [-0.4, -0.2) is 59.7 Å². The van der Waals surface area contributed by atoms with Crippen LogP contribution in [0.1, 0.15) is 24.0 Å². The summed E-state index contributed by atoms with van der Waals surface area (Å²) >= 11 is 3.88. The van der Waals surface area contributed by atoms with Gasteiger partial charge in [0.25, 0.3) is 0 Å². The highest BCUT2D eigenvalue weighted by Crippen LogP contribution is 2.11. The average molecular weight is 426 g/mol. The van der Waals surface area contributed by atoms with Crippen LogP contribution in [0.4, 0.5) is 4.79 Å². The molecule has 1 unspecified atom stereocenters. The van der Waals surface area contributed by atoms with E-state index in [2.05, 4.69) is 47.1 Å². The summed E-state index contributed by atoms with van der Waals surface area (Å²) in [7, 11) is 0. The first-order valence-corrected chi connectivity index (χ1v) is 11.1. The van der Waals surface area contributed by atoms with E-state index in [4.69, 9.17) is 0 Å². The number of rotatable bonds is 9. The second-order valence-corrected chi connectivity index (χ2v) is 8.33. The highest BCUT2D eigenvalue weighted by Gasteiger charge is 2.23. The van der Waals surface area contributed by atoms with Crippen molar-refractivity contribution in [2.24, 2.45) is 0 Å². The van der Waals surface area contributed by atoms with Gasteiger partial charge in [-0.25, -0.2) is 4.79 Å². The van der Waals surface area contributed by atoms with Crippen LogP contribution in [0.5, 0.6) is 0 Å². The maximum absolute atomic E-state index is 12.8. The fourth-order valence-corrected chi connectivity index (χ4v) is 3.92. The van der Waals surface area contributed by atoms with Crippen LogP contribution in [0.25, 0.3) is 0 Å². The minimum absolute atomic E-state index is 0.0368. The molecule has 1 saturated heterocycles. The third-order valence-corrected chi connectivity index (χ3v) is 5.80. The van der Waals surface area contributed by atoms with Gasteiger partial charge in [0.15, 0.2) is 5.12 Å². The SMILES string of the molecule is O=C(S)CCC(Cc1ccccc1)NC(=O)N1CCN(CCc2ccccc2)CC1. The minimum Gasteiger partial charge on any atom is -0.335 e. The Morgan fingerprint density at radius 1 is 0.900 bits per heavy atom. The average Bonchev–Trinajstić information content (AvgIpc) is 2.78. The first kappa shape index (κ1) is 22.4. The molecule has 160 valence electrons. The van der Waals surface area contributed by atoms with Gasteiger partial charge in [-0.2, -0.15) is 0 Å². The predicted molar refractivity (Wildman–Crippen MR) is 124 cm³/mol. The molecule has 0 radical (unpaired) electrons. The monoisotopic (exact) mass is 425 g/mol. The van der Waals surface area contributed by atoms with Crippen molar-refractivity contribution in [3.05, 3.63) is 71.8 Å². The Labute approximate surface area is 184 Å². The van der Waals surface area contributed by atoms with Crippen molar-refractivity contribution in [1.29, 1.82) is 0 Å². The fraction of sp³-hybridized carbons (Fsp3) is 0.417. The van der Waals surface area contributed by atoms with Gasteiger partial charge >= 0.3 is 6.03 Å². The molecule has 0 bridgehead atoms. The van der Waals surface area contributed by atoms with Gasteiger partial charge in [-0.1, -0.05) is 60.7 Å². The van der Waals surface area contributed by atoms with Crippen molar-refractivity contribution in [3.63, 3.8) is 0 Å². The molecule has 0 aliphatic carbocycles. The normalized spacial score (nSPS) is 15.6. The zero-order valence-electron chi connectivity index (χ0n) is 17.4. The zero-order valence-corrected chi connectivity index (χ0v) is 18.3. The van der Waals surface area contributed by atoms with Crippen LogP contribution in [0.15, 0.2) is 60.7 Å². The smallest absolute Gasteiger partial charge is 0.317 e. The summed E-state index contributed by atoms with van der Waals surface area (Å²) in [6, 6.07) is 20.5. The van der Waals surface area contributed by atoms with E-state index in [0.29, 0.717) is 19.3 Å². The largest absolute Gasteiger partial charge is 0.335 e. The Bertz CT molecular complexity index is 793. The number of urea groups is 1. The summed E-state index contributed by atoms with van der Waals surface area (Å²) in [5, 5.41) is 3.00. The number of hydrogen-bond donors (Lipinski definition) is 2. The maximum Gasteiger partial charge on any atom is 0.317 e. The molecule has 0 aromatic heterocycles. The lowest BCUT2D eigenvalue weighted by atomic mass is 10.0. The lowest BCUT2D eigenvalue weighted by Crippen LogP contribution is -2.54. The second kappa shape index (κ2) is 11.8. The van der Waals surface area contributed by atoms with Crippen molar-refractivity contribution in [2.45, 2.75) is 31.7 Å². The molecule has 2 aromatic carbocycles. The van der Waals surface area contributed by atoms with E-state index >= 15 is 0 Å². The molecule has 3 rings (SSSR count). The molecular formula is C24H31N3O2S. The summed E-state index contributed by atoms with van der Waals surface area (Å²) in [5.41, 5.74) is 2.50. The number of nitrogens with one attached hydrogen (secondary N) is 1. The molecule has 0 saturated carbocycles. The highest BCUT2D eigenvalue weighted by atomic mass is 32.1. The third kappa shape index (κ3) is 7.50. The van der Waals surface area contributed by atoms with Gasteiger partial charge in [0.2, 0.25) is 0 Å². The van der Waals surface area contributed by atoms with Gasteiger partial charge in [0.1, 0.15) is 0 Å². The van der Waals surface area contributed by atoms with Crippen LogP contribution in [0.3, 0.4) is 0 Å². The number of nitrogens with zero attached hydrogens (tertiary/aromatic N) is 2. The van der Waals surface area contributed by atoms with E-state index < -0.39 is 0 Å². The fourth-order valence-electron chi connectivity index (χ4n) is 3.79. The molecule has 5 nitrogen and oxygen atoms in total. The van der Waals surface area contributed by atoms with Crippen molar-refractivity contribution in [3.8, 4) is 0 Å². The quantitative estimate of drug-likeness (QED) is 0.606. The number of carbonyl (C=O) groups is 2. The summed E-state index contributed by atoms with van der Waals surface area (Å²) in [6.45, 7) is 4.24. The minimum atomic E-state index is -0.144. The maximum atomic E-state index is 12.8. The Morgan fingerprint density at radius 2 is 1.50 bits per heavy atom. The van der Waals surface area contributed by atoms with Gasteiger partial charge < -0.3 is 10.2 Å². The lowest BCUT2D eigenvalue weighted by molar-refractivity contribution is -0.111. The Morgan fingerprint density at radius 3 is 2.10 bits per heavy atom. The van der Waals surface area contributed by atoms with Gasteiger partial charge in [-0.3, -0.25) is 9.69 Å². The third-order valence-electron chi connectivity index (χ3n) is 5.58.